The van der Waals surface area contributed by atoms with Crippen LogP contribution in [-0.4, -0.2) is 4.98 Å². The second kappa shape index (κ2) is 2.42. The van der Waals surface area contributed by atoms with Crippen LogP contribution in [0.2, 0.25) is 0 Å². The van der Waals surface area contributed by atoms with Crippen LogP contribution in [0.25, 0.3) is 0 Å². The van der Waals surface area contributed by atoms with Crippen molar-refractivity contribution in [2.24, 2.45) is 0 Å². The van der Waals surface area contributed by atoms with E-state index in [4.69, 9.17) is 0 Å². The van der Waals surface area contributed by atoms with E-state index < -0.39 is 0 Å². The molecule has 0 amide bonds. The maximum atomic E-state index is 4.08. The highest BCUT2D eigenvalue weighted by Crippen LogP contribution is 2.13. The van der Waals surface area contributed by atoms with Crippen molar-refractivity contribution in [3.05, 3.63) is 18.5 Å². The van der Waals surface area contributed by atoms with Gasteiger partial charge in [-0.2, -0.15) is 0 Å². The van der Waals surface area contributed by atoms with Gasteiger partial charge in [-0.15, -0.1) is 25.3 Å². The molecule has 0 atom stereocenters. The zero-order chi connectivity index (χ0) is 5.98. The normalized spacial score (nSPS) is 9.25. The maximum absolute atomic E-state index is 4.08. The van der Waals surface area contributed by atoms with Crippen LogP contribution in [0, 0.1) is 0 Å². The Morgan fingerprint density at radius 3 is 2.38 bits per heavy atom. The standard InChI is InChI=1S/C5H5NS2/c7-4-1-2-6-3-5(4)8/h1-3,8H,(H,6,7). The third-order valence-corrected chi connectivity index (χ3v) is 1.70. The van der Waals surface area contributed by atoms with Crippen molar-refractivity contribution in [1.82, 2.24) is 4.98 Å². The monoisotopic (exact) mass is 143 g/mol. The largest absolute Gasteiger partial charge is 0.263 e. The van der Waals surface area contributed by atoms with Crippen molar-refractivity contribution < 1.29 is 0 Å². The van der Waals surface area contributed by atoms with Crippen molar-refractivity contribution in [1.29, 1.82) is 0 Å². The lowest BCUT2D eigenvalue weighted by atomic mass is 10.5. The first kappa shape index (κ1) is 5.98. The second-order valence-corrected chi connectivity index (χ2v) is 2.33. The molecule has 0 aliphatic heterocycles. The van der Waals surface area contributed by atoms with E-state index in [1.807, 2.05) is 0 Å². The van der Waals surface area contributed by atoms with Gasteiger partial charge in [0.15, 0.2) is 0 Å². The summed E-state index contributed by atoms with van der Waals surface area (Å²) in [4.78, 5) is 5.50. The lowest BCUT2D eigenvalue weighted by molar-refractivity contribution is 1.14. The molecule has 0 aliphatic carbocycles. The van der Waals surface area contributed by atoms with Gasteiger partial charge in [-0.3, -0.25) is 4.98 Å². The van der Waals surface area contributed by atoms with Gasteiger partial charge in [0.2, 0.25) is 0 Å². The molecule has 0 radical (unpaired) electrons. The molecule has 1 rings (SSSR count). The number of rotatable bonds is 0. The van der Waals surface area contributed by atoms with E-state index >= 15 is 0 Å². The molecular formula is C5H5NS2. The lowest BCUT2D eigenvalue weighted by Gasteiger charge is -1.90. The molecule has 0 spiro atoms. The summed E-state index contributed by atoms with van der Waals surface area (Å²) in [6, 6.07) is 1.80. The molecule has 42 valence electrons. The molecule has 0 saturated carbocycles. The van der Waals surface area contributed by atoms with Crippen LogP contribution in [0.5, 0.6) is 0 Å². The number of aromatic nitrogens is 1. The second-order valence-electron chi connectivity index (χ2n) is 1.36. The van der Waals surface area contributed by atoms with E-state index in [1.54, 1.807) is 18.5 Å². The average molecular weight is 143 g/mol. The fourth-order valence-electron chi connectivity index (χ4n) is 0.379. The summed E-state index contributed by atoms with van der Waals surface area (Å²) in [5.41, 5.74) is 0. The zero-order valence-electron chi connectivity index (χ0n) is 4.07. The molecule has 8 heavy (non-hydrogen) atoms. The molecule has 3 heteroatoms. The molecule has 0 saturated heterocycles. The number of pyridine rings is 1. The summed E-state index contributed by atoms with van der Waals surface area (Å²) in [6.45, 7) is 0. The number of hydrogen-bond acceptors (Lipinski definition) is 3. The van der Waals surface area contributed by atoms with Gasteiger partial charge in [-0.05, 0) is 6.07 Å². The van der Waals surface area contributed by atoms with E-state index in [0.29, 0.717) is 0 Å². The third-order valence-electron chi connectivity index (χ3n) is 0.778. The lowest BCUT2D eigenvalue weighted by Crippen LogP contribution is -1.71. The maximum Gasteiger partial charge on any atom is 0.0412 e. The summed E-state index contributed by atoms with van der Waals surface area (Å²) in [7, 11) is 0. The van der Waals surface area contributed by atoms with Crippen LogP contribution in [0.4, 0.5) is 0 Å². The Hall–Kier alpha value is -0.150. The molecule has 0 aromatic carbocycles. The molecule has 0 bridgehead atoms. The van der Waals surface area contributed by atoms with Crippen molar-refractivity contribution in [2.45, 2.75) is 9.79 Å². The molecule has 1 nitrogen and oxygen atoms in total. The van der Waals surface area contributed by atoms with Crippen LogP contribution in [0.1, 0.15) is 0 Å². The zero-order valence-corrected chi connectivity index (χ0v) is 5.86. The molecule has 1 aromatic heterocycles. The van der Waals surface area contributed by atoms with Crippen LogP contribution in [0.15, 0.2) is 28.3 Å². The first-order valence-electron chi connectivity index (χ1n) is 2.12. The number of thiol groups is 2. The minimum Gasteiger partial charge on any atom is -0.263 e. The Bertz CT molecular complexity index is 167. The van der Waals surface area contributed by atoms with Gasteiger partial charge in [0, 0.05) is 22.2 Å². The first-order valence-corrected chi connectivity index (χ1v) is 3.02. The summed E-state index contributed by atoms with van der Waals surface area (Å²) in [5, 5.41) is 0. The van der Waals surface area contributed by atoms with Gasteiger partial charge >= 0.3 is 0 Å². The van der Waals surface area contributed by atoms with E-state index in [-0.39, 0.29) is 0 Å². The fourth-order valence-corrected chi connectivity index (χ4v) is 0.644. The number of hydrogen-bond donors (Lipinski definition) is 2. The van der Waals surface area contributed by atoms with Gasteiger partial charge in [0.1, 0.15) is 0 Å². The Morgan fingerprint density at radius 2 is 2.00 bits per heavy atom. The van der Waals surface area contributed by atoms with E-state index in [9.17, 15) is 0 Å². The molecule has 0 fully saturated rings. The van der Waals surface area contributed by atoms with Gasteiger partial charge < -0.3 is 0 Å². The predicted octanol–water partition coefficient (Wildman–Crippen LogP) is 1.66. The highest BCUT2D eigenvalue weighted by atomic mass is 32.1. The summed E-state index contributed by atoms with van der Waals surface area (Å²) in [5.74, 6) is 0. The average Bonchev–Trinajstić information content (AvgIpc) is 1.77. The molecule has 0 aliphatic rings. The van der Waals surface area contributed by atoms with Gasteiger partial charge in [-0.25, -0.2) is 0 Å². The van der Waals surface area contributed by atoms with Gasteiger partial charge in [0.25, 0.3) is 0 Å². The van der Waals surface area contributed by atoms with Crippen LogP contribution >= 0.6 is 25.3 Å². The minimum atomic E-state index is 0.816. The van der Waals surface area contributed by atoms with E-state index in [0.717, 1.165) is 9.79 Å². The quantitative estimate of drug-likeness (QED) is 0.527. The number of nitrogens with zero attached hydrogens (tertiary/aromatic N) is 1. The SMILES string of the molecule is Sc1ccncc1S. The van der Waals surface area contributed by atoms with Crippen LogP contribution in [-0.2, 0) is 0 Å². The van der Waals surface area contributed by atoms with Crippen molar-refractivity contribution in [3.63, 3.8) is 0 Å². The third kappa shape index (κ3) is 1.17. The van der Waals surface area contributed by atoms with Crippen molar-refractivity contribution in [3.8, 4) is 0 Å². The molecular weight excluding hydrogens is 138 g/mol. The summed E-state index contributed by atoms with van der Waals surface area (Å²) in [6.07, 6.45) is 3.34. The van der Waals surface area contributed by atoms with E-state index in [1.165, 1.54) is 0 Å². The molecule has 0 N–H and O–H groups in total. The Labute approximate surface area is 59.0 Å². The van der Waals surface area contributed by atoms with Crippen molar-refractivity contribution in [2.75, 3.05) is 0 Å². The topological polar surface area (TPSA) is 12.9 Å². The molecule has 1 aromatic rings. The highest BCUT2D eigenvalue weighted by molar-refractivity contribution is 7.83. The Kier molecular flexibility index (Phi) is 1.81. The fraction of sp³-hybridized carbons (Fsp3) is 0. The summed E-state index contributed by atoms with van der Waals surface area (Å²) < 4.78 is 0. The molecule has 0 unspecified atom stereocenters. The minimum absolute atomic E-state index is 0.816. The van der Waals surface area contributed by atoms with Crippen LogP contribution < -0.4 is 0 Å². The summed E-state index contributed by atoms with van der Waals surface area (Å²) >= 11 is 8.14. The van der Waals surface area contributed by atoms with Crippen molar-refractivity contribution >= 4 is 25.3 Å². The molecule has 1 heterocycles. The van der Waals surface area contributed by atoms with E-state index in [2.05, 4.69) is 30.2 Å². The van der Waals surface area contributed by atoms with Gasteiger partial charge in [0.05, 0.1) is 0 Å². The predicted molar refractivity (Wildman–Crippen MR) is 38.7 cm³/mol. The van der Waals surface area contributed by atoms with Gasteiger partial charge in [-0.1, -0.05) is 0 Å². The highest BCUT2D eigenvalue weighted by Gasteiger charge is 1.87. The Balaban J connectivity index is 3.13. The van der Waals surface area contributed by atoms with Crippen LogP contribution in [0.3, 0.4) is 0 Å². The first-order chi connectivity index (χ1) is 3.80. The smallest absolute Gasteiger partial charge is 0.0412 e. The Morgan fingerprint density at radius 1 is 1.25 bits per heavy atom.